The summed E-state index contributed by atoms with van der Waals surface area (Å²) in [7, 11) is 1.58. The third-order valence-corrected chi connectivity index (χ3v) is 4.49. The van der Waals surface area contributed by atoms with Crippen molar-refractivity contribution in [1.29, 1.82) is 0 Å². The molecule has 0 saturated carbocycles. The van der Waals surface area contributed by atoms with Crippen molar-refractivity contribution in [3.05, 3.63) is 34.2 Å². The van der Waals surface area contributed by atoms with Crippen LogP contribution < -0.4 is 4.74 Å². The first kappa shape index (κ1) is 18.1. The second-order valence-corrected chi connectivity index (χ2v) is 6.20. The molecule has 7 heteroatoms. The van der Waals surface area contributed by atoms with E-state index in [1.54, 1.807) is 26.2 Å². The highest BCUT2D eigenvalue weighted by Crippen LogP contribution is 2.34. The molecule has 6 nitrogen and oxygen atoms in total. The zero-order valence-electron chi connectivity index (χ0n) is 14.0. The van der Waals surface area contributed by atoms with E-state index < -0.39 is 23.2 Å². The summed E-state index contributed by atoms with van der Waals surface area (Å²) < 4.78 is 10.0. The summed E-state index contributed by atoms with van der Waals surface area (Å²) in [6, 6.07) is 4.50. The summed E-state index contributed by atoms with van der Waals surface area (Å²) in [6.45, 7) is 5.24. The Morgan fingerprint density at radius 3 is 2.67 bits per heavy atom. The minimum absolute atomic E-state index is 0.195. The zero-order chi connectivity index (χ0) is 17.9. The number of imide groups is 1. The van der Waals surface area contributed by atoms with Crippen LogP contribution in [0.4, 0.5) is 4.79 Å². The SMILES string of the molecule is CCOC(=O)[C@H](C)N1C(=O)S/C(=C/c2ccc(OC)cc2C)C1=O. The Labute approximate surface area is 144 Å². The van der Waals surface area contributed by atoms with Crippen molar-refractivity contribution in [2.75, 3.05) is 13.7 Å². The van der Waals surface area contributed by atoms with Crippen LogP contribution in [0, 0.1) is 6.92 Å². The van der Waals surface area contributed by atoms with Crippen molar-refractivity contribution in [3.63, 3.8) is 0 Å². The fourth-order valence-electron chi connectivity index (χ4n) is 2.26. The number of nitrogens with zero attached hydrogens (tertiary/aromatic N) is 1. The highest BCUT2D eigenvalue weighted by Gasteiger charge is 2.41. The number of amides is 2. The van der Waals surface area contributed by atoms with Gasteiger partial charge in [-0.2, -0.15) is 0 Å². The summed E-state index contributed by atoms with van der Waals surface area (Å²) >= 11 is 0.819. The van der Waals surface area contributed by atoms with Crippen LogP contribution in [0.1, 0.15) is 25.0 Å². The lowest BCUT2D eigenvalue weighted by Gasteiger charge is -2.19. The molecule has 2 rings (SSSR count). The predicted molar refractivity (Wildman–Crippen MR) is 91.6 cm³/mol. The van der Waals surface area contributed by atoms with Gasteiger partial charge in [0.15, 0.2) is 0 Å². The van der Waals surface area contributed by atoms with Gasteiger partial charge in [0.2, 0.25) is 0 Å². The van der Waals surface area contributed by atoms with Gasteiger partial charge >= 0.3 is 5.97 Å². The lowest BCUT2D eigenvalue weighted by Crippen LogP contribution is -2.42. The Kier molecular flexibility index (Phi) is 5.66. The van der Waals surface area contributed by atoms with E-state index in [1.807, 2.05) is 19.1 Å². The number of carbonyl (C=O) groups excluding carboxylic acids is 3. The predicted octanol–water partition coefficient (Wildman–Crippen LogP) is 2.99. The maximum atomic E-state index is 12.5. The molecule has 0 radical (unpaired) electrons. The highest BCUT2D eigenvalue weighted by molar-refractivity contribution is 8.18. The van der Waals surface area contributed by atoms with Crippen molar-refractivity contribution in [2.24, 2.45) is 0 Å². The Morgan fingerprint density at radius 2 is 2.08 bits per heavy atom. The average Bonchev–Trinajstić information content (AvgIpc) is 2.82. The third-order valence-electron chi connectivity index (χ3n) is 3.60. The van der Waals surface area contributed by atoms with Gasteiger partial charge in [-0.15, -0.1) is 0 Å². The maximum Gasteiger partial charge on any atom is 0.329 e. The molecule has 1 atom stereocenters. The fourth-order valence-corrected chi connectivity index (χ4v) is 3.16. The Bertz CT molecular complexity index is 713. The van der Waals surface area contributed by atoms with E-state index >= 15 is 0 Å². The van der Waals surface area contributed by atoms with E-state index in [0.717, 1.165) is 27.8 Å². The van der Waals surface area contributed by atoms with Crippen LogP contribution in [0.5, 0.6) is 5.75 Å². The quantitative estimate of drug-likeness (QED) is 0.601. The van der Waals surface area contributed by atoms with E-state index in [2.05, 4.69) is 0 Å². The van der Waals surface area contributed by atoms with E-state index in [0.29, 0.717) is 5.75 Å². The number of rotatable bonds is 5. The summed E-state index contributed by atoms with van der Waals surface area (Å²) in [5.74, 6) is -0.365. The topological polar surface area (TPSA) is 72.9 Å². The van der Waals surface area contributed by atoms with Gasteiger partial charge in [-0.25, -0.2) is 4.79 Å². The first-order chi connectivity index (χ1) is 11.4. The number of aryl methyl sites for hydroxylation is 1. The number of ether oxygens (including phenoxy) is 2. The van der Waals surface area contributed by atoms with E-state index in [4.69, 9.17) is 9.47 Å². The molecule has 1 aromatic rings. The molecule has 1 heterocycles. The summed E-state index contributed by atoms with van der Waals surface area (Å²) in [6.07, 6.45) is 1.65. The van der Waals surface area contributed by atoms with Gasteiger partial charge < -0.3 is 9.47 Å². The molecular formula is C17H19NO5S. The number of hydrogen-bond acceptors (Lipinski definition) is 6. The first-order valence-electron chi connectivity index (χ1n) is 7.47. The van der Waals surface area contributed by atoms with Crippen LogP contribution >= 0.6 is 11.8 Å². The maximum absolute atomic E-state index is 12.5. The largest absolute Gasteiger partial charge is 0.497 e. The van der Waals surface area contributed by atoms with Gasteiger partial charge in [-0.3, -0.25) is 14.5 Å². The molecule has 1 saturated heterocycles. The minimum atomic E-state index is -0.944. The monoisotopic (exact) mass is 349 g/mol. The third kappa shape index (κ3) is 3.62. The molecule has 1 aliphatic rings. The Hall–Kier alpha value is -2.28. The second-order valence-electron chi connectivity index (χ2n) is 5.20. The summed E-state index contributed by atoms with van der Waals surface area (Å²) in [5.41, 5.74) is 1.73. The molecule has 0 spiro atoms. The van der Waals surface area contributed by atoms with E-state index in [1.165, 1.54) is 6.92 Å². The molecule has 0 aromatic heterocycles. The highest BCUT2D eigenvalue weighted by atomic mass is 32.2. The van der Waals surface area contributed by atoms with Crippen molar-refractivity contribution in [2.45, 2.75) is 26.8 Å². The van der Waals surface area contributed by atoms with Crippen molar-refractivity contribution < 1.29 is 23.9 Å². The minimum Gasteiger partial charge on any atom is -0.497 e. The standard InChI is InChI=1S/C17H19NO5S/c1-5-23-16(20)11(3)18-15(19)14(24-17(18)21)9-12-6-7-13(22-4)8-10(12)2/h6-9,11H,5H2,1-4H3/b14-9+/t11-/m0/s1. The molecule has 128 valence electrons. The van der Waals surface area contributed by atoms with Crippen LogP contribution in [-0.4, -0.2) is 41.8 Å². The van der Waals surface area contributed by atoms with Gasteiger partial charge in [0.05, 0.1) is 18.6 Å². The molecule has 0 bridgehead atoms. The van der Waals surface area contributed by atoms with Gasteiger partial charge in [-0.05, 0) is 61.9 Å². The number of esters is 1. The molecule has 0 unspecified atom stereocenters. The Morgan fingerprint density at radius 1 is 1.38 bits per heavy atom. The molecular weight excluding hydrogens is 330 g/mol. The van der Waals surface area contributed by atoms with Gasteiger partial charge in [0.25, 0.3) is 11.1 Å². The smallest absolute Gasteiger partial charge is 0.329 e. The Balaban J connectivity index is 2.26. The number of methoxy groups -OCH3 is 1. The van der Waals surface area contributed by atoms with Crippen molar-refractivity contribution in [1.82, 2.24) is 4.90 Å². The van der Waals surface area contributed by atoms with Crippen LogP contribution in [0.3, 0.4) is 0 Å². The van der Waals surface area contributed by atoms with Crippen LogP contribution in [0.25, 0.3) is 6.08 Å². The lowest BCUT2D eigenvalue weighted by molar-refractivity contribution is -0.150. The van der Waals surface area contributed by atoms with Crippen LogP contribution in [-0.2, 0) is 14.3 Å². The number of thioether (sulfide) groups is 1. The van der Waals surface area contributed by atoms with Crippen LogP contribution in [0.15, 0.2) is 23.1 Å². The average molecular weight is 349 g/mol. The van der Waals surface area contributed by atoms with E-state index in [-0.39, 0.29) is 11.5 Å². The molecule has 0 N–H and O–H groups in total. The normalized spacial score (nSPS) is 17.3. The molecule has 24 heavy (non-hydrogen) atoms. The molecule has 2 amide bonds. The van der Waals surface area contributed by atoms with Gasteiger partial charge in [0, 0.05) is 0 Å². The molecule has 1 aromatic carbocycles. The number of hydrogen-bond donors (Lipinski definition) is 0. The van der Waals surface area contributed by atoms with Gasteiger partial charge in [0.1, 0.15) is 11.8 Å². The molecule has 0 aliphatic carbocycles. The van der Waals surface area contributed by atoms with Crippen molar-refractivity contribution in [3.8, 4) is 5.75 Å². The van der Waals surface area contributed by atoms with Crippen molar-refractivity contribution >= 4 is 35.0 Å². The second kappa shape index (κ2) is 7.53. The number of carbonyl (C=O) groups is 3. The first-order valence-corrected chi connectivity index (χ1v) is 8.29. The van der Waals surface area contributed by atoms with Crippen LogP contribution in [0.2, 0.25) is 0 Å². The summed E-state index contributed by atoms with van der Waals surface area (Å²) in [5, 5.41) is -0.474. The molecule has 1 aliphatic heterocycles. The molecule has 1 fully saturated rings. The zero-order valence-corrected chi connectivity index (χ0v) is 14.8. The number of benzene rings is 1. The summed E-state index contributed by atoms with van der Waals surface area (Å²) in [4.78, 5) is 37.6. The van der Waals surface area contributed by atoms with E-state index in [9.17, 15) is 14.4 Å². The fraction of sp³-hybridized carbons (Fsp3) is 0.353. The lowest BCUT2D eigenvalue weighted by atomic mass is 10.1. The van der Waals surface area contributed by atoms with Gasteiger partial charge in [-0.1, -0.05) is 6.07 Å².